The number of halogens is 2. The average molecular weight is 308 g/mol. The quantitative estimate of drug-likeness (QED) is 0.654. The number of carbonyl (C=O) groups is 1. The predicted octanol–water partition coefficient (Wildman–Crippen LogP) is 4.35. The lowest BCUT2D eigenvalue weighted by Crippen LogP contribution is -2.07. The van der Waals surface area contributed by atoms with Crippen LogP contribution in [0.4, 0.5) is 5.69 Å². The zero-order chi connectivity index (χ0) is 14.5. The summed E-state index contributed by atoms with van der Waals surface area (Å²) in [5.41, 5.74) is 1.30. The van der Waals surface area contributed by atoms with Crippen LogP contribution in [0.25, 0.3) is 6.08 Å². The van der Waals surface area contributed by atoms with E-state index in [0.717, 1.165) is 5.56 Å². The molecule has 20 heavy (non-hydrogen) atoms. The van der Waals surface area contributed by atoms with Crippen molar-refractivity contribution in [3.05, 3.63) is 64.1 Å². The molecule has 102 valence electrons. The molecule has 0 saturated carbocycles. The third-order valence-corrected chi connectivity index (χ3v) is 3.07. The van der Waals surface area contributed by atoms with Gasteiger partial charge in [-0.1, -0.05) is 35.3 Å². The number of nitrogens with one attached hydrogen (secondary N) is 1. The summed E-state index contributed by atoms with van der Waals surface area (Å²) < 4.78 is 0. The molecule has 2 aromatic rings. The molecule has 2 aromatic carbocycles. The van der Waals surface area contributed by atoms with Gasteiger partial charge in [-0.15, -0.1) is 0 Å². The smallest absolute Gasteiger partial charge is 0.248 e. The molecule has 0 atom stereocenters. The number of carbonyl (C=O) groups excluding carboxylic acids is 1. The van der Waals surface area contributed by atoms with Crippen LogP contribution >= 0.6 is 23.2 Å². The maximum absolute atomic E-state index is 11.7. The second-order valence-corrected chi connectivity index (χ2v) is 4.88. The Kier molecular flexibility index (Phi) is 4.66. The number of anilines is 1. The van der Waals surface area contributed by atoms with E-state index in [1.165, 1.54) is 24.3 Å². The van der Waals surface area contributed by atoms with E-state index in [-0.39, 0.29) is 16.7 Å². The van der Waals surface area contributed by atoms with Crippen molar-refractivity contribution in [3.63, 3.8) is 0 Å². The summed E-state index contributed by atoms with van der Waals surface area (Å²) in [4.78, 5) is 11.7. The van der Waals surface area contributed by atoms with Gasteiger partial charge in [0.2, 0.25) is 5.91 Å². The Morgan fingerprint density at radius 3 is 2.45 bits per heavy atom. The molecule has 3 nitrogen and oxygen atoms in total. The molecule has 1 amide bonds. The molecule has 0 aromatic heterocycles. The molecule has 0 saturated heterocycles. The molecule has 0 aliphatic carbocycles. The molecule has 0 heterocycles. The van der Waals surface area contributed by atoms with Crippen LogP contribution in [0.5, 0.6) is 5.75 Å². The molecule has 2 rings (SSSR count). The SMILES string of the molecule is O=C(C=Cc1ccc(Cl)cc1)Nc1ccc(O)cc1Cl. The van der Waals surface area contributed by atoms with Gasteiger partial charge in [0.1, 0.15) is 5.75 Å². The number of aromatic hydroxyl groups is 1. The van der Waals surface area contributed by atoms with Gasteiger partial charge in [-0.25, -0.2) is 0 Å². The maximum Gasteiger partial charge on any atom is 0.248 e. The largest absolute Gasteiger partial charge is 0.508 e. The van der Waals surface area contributed by atoms with Crippen molar-refractivity contribution >= 4 is 40.9 Å². The fourth-order valence-electron chi connectivity index (χ4n) is 1.53. The van der Waals surface area contributed by atoms with Crippen molar-refractivity contribution in [2.75, 3.05) is 5.32 Å². The van der Waals surface area contributed by atoms with Crippen LogP contribution in [-0.4, -0.2) is 11.0 Å². The Labute approximate surface area is 126 Å². The minimum absolute atomic E-state index is 0.0460. The fraction of sp³-hybridized carbons (Fsp3) is 0. The molecule has 0 unspecified atom stereocenters. The number of phenolic OH excluding ortho intramolecular Hbond substituents is 1. The summed E-state index contributed by atoms with van der Waals surface area (Å²) in [5.74, 6) is -0.266. The highest BCUT2D eigenvalue weighted by atomic mass is 35.5. The zero-order valence-corrected chi connectivity index (χ0v) is 11.8. The van der Waals surface area contributed by atoms with Crippen LogP contribution < -0.4 is 5.32 Å². The van der Waals surface area contributed by atoms with Crippen molar-refractivity contribution in [2.45, 2.75) is 0 Å². The molecule has 0 fully saturated rings. The van der Waals surface area contributed by atoms with Gasteiger partial charge in [-0.05, 0) is 35.9 Å². The van der Waals surface area contributed by atoms with Crippen molar-refractivity contribution in [1.29, 1.82) is 0 Å². The molecule has 0 radical (unpaired) electrons. The van der Waals surface area contributed by atoms with E-state index in [0.29, 0.717) is 10.7 Å². The number of hydrogen-bond acceptors (Lipinski definition) is 2. The molecule has 5 heteroatoms. The molecule has 0 spiro atoms. The van der Waals surface area contributed by atoms with Gasteiger partial charge in [0.25, 0.3) is 0 Å². The van der Waals surface area contributed by atoms with Crippen LogP contribution in [-0.2, 0) is 4.79 Å². The van der Waals surface area contributed by atoms with Crippen molar-refractivity contribution in [2.24, 2.45) is 0 Å². The summed E-state index contributed by atoms with van der Waals surface area (Å²) in [7, 11) is 0. The van der Waals surface area contributed by atoms with Crippen LogP contribution in [0.3, 0.4) is 0 Å². The van der Waals surface area contributed by atoms with Crippen molar-refractivity contribution in [1.82, 2.24) is 0 Å². The van der Waals surface area contributed by atoms with E-state index in [9.17, 15) is 9.90 Å². The average Bonchev–Trinajstić information content (AvgIpc) is 2.41. The van der Waals surface area contributed by atoms with Crippen LogP contribution in [0.15, 0.2) is 48.5 Å². The number of amides is 1. The lowest BCUT2D eigenvalue weighted by atomic mass is 10.2. The Morgan fingerprint density at radius 2 is 1.80 bits per heavy atom. The van der Waals surface area contributed by atoms with Gasteiger partial charge < -0.3 is 10.4 Å². The Bertz CT molecular complexity index is 651. The number of phenols is 1. The van der Waals surface area contributed by atoms with Gasteiger partial charge in [0.15, 0.2) is 0 Å². The first-order chi connectivity index (χ1) is 9.54. The molecule has 0 bridgehead atoms. The molecule has 2 N–H and O–H groups in total. The zero-order valence-electron chi connectivity index (χ0n) is 10.3. The van der Waals surface area contributed by atoms with E-state index in [1.54, 1.807) is 30.3 Å². The van der Waals surface area contributed by atoms with Gasteiger partial charge in [0.05, 0.1) is 10.7 Å². The van der Waals surface area contributed by atoms with Gasteiger partial charge in [0, 0.05) is 17.2 Å². The van der Waals surface area contributed by atoms with Gasteiger partial charge in [-0.2, -0.15) is 0 Å². The predicted molar refractivity (Wildman–Crippen MR) is 82.2 cm³/mol. The Balaban J connectivity index is 2.03. The lowest BCUT2D eigenvalue weighted by molar-refractivity contribution is -0.111. The van der Waals surface area contributed by atoms with Crippen molar-refractivity contribution in [3.8, 4) is 5.75 Å². The summed E-state index contributed by atoms with van der Waals surface area (Å²) in [6.45, 7) is 0. The molecular weight excluding hydrogens is 297 g/mol. The standard InChI is InChI=1S/C15H11Cl2NO2/c16-11-4-1-10(2-5-11)3-8-15(20)18-14-7-6-12(19)9-13(14)17/h1-9,19H,(H,18,20). The van der Waals surface area contributed by atoms with Crippen LogP contribution in [0.1, 0.15) is 5.56 Å². The first-order valence-corrected chi connectivity index (χ1v) is 6.53. The Morgan fingerprint density at radius 1 is 1.10 bits per heavy atom. The Hall–Kier alpha value is -1.97. The minimum Gasteiger partial charge on any atom is -0.508 e. The number of hydrogen-bond donors (Lipinski definition) is 2. The third kappa shape index (κ3) is 4.02. The van der Waals surface area contributed by atoms with Crippen LogP contribution in [0, 0.1) is 0 Å². The lowest BCUT2D eigenvalue weighted by Gasteiger charge is -2.04. The first kappa shape index (κ1) is 14.4. The van der Waals surface area contributed by atoms with Gasteiger partial charge in [-0.3, -0.25) is 4.79 Å². The summed E-state index contributed by atoms with van der Waals surface area (Å²) >= 11 is 11.7. The van der Waals surface area contributed by atoms with Crippen LogP contribution in [0.2, 0.25) is 10.0 Å². The highest BCUT2D eigenvalue weighted by Crippen LogP contribution is 2.25. The first-order valence-electron chi connectivity index (χ1n) is 5.78. The van der Waals surface area contributed by atoms with E-state index in [1.807, 2.05) is 0 Å². The third-order valence-electron chi connectivity index (χ3n) is 2.51. The van der Waals surface area contributed by atoms with Crippen molar-refractivity contribution < 1.29 is 9.90 Å². The number of benzene rings is 2. The highest BCUT2D eigenvalue weighted by Gasteiger charge is 2.03. The van der Waals surface area contributed by atoms with E-state index in [4.69, 9.17) is 23.2 Å². The van der Waals surface area contributed by atoms with E-state index >= 15 is 0 Å². The van der Waals surface area contributed by atoms with E-state index < -0.39 is 0 Å². The second-order valence-electron chi connectivity index (χ2n) is 4.04. The normalized spacial score (nSPS) is 10.7. The summed E-state index contributed by atoms with van der Waals surface area (Å²) in [5, 5.41) is 12.8. The summed E-state index contributed by atoms with van der Waals surface area (Å²) in [6.07, 6.45) is 3.06. The summed E-state index contributed by atoms with van der Waals surface area (Å²) in [6, 6.07) is 11.4. The minimum atomic E-state index is -0.312. The van der Waals surface area contributed by atoms with E-state index in [2.05, 4.69) is 5.32 Å². The maximum atomic E-state index is 11.7. The monoisotopic (exact) mass is 307 g/mol. The molecule has 0 aliphatic heterocycles. The van der Waals surface area contributed by atoms with Gasteiger partial charge >= 0.3 is 0 Å². The molecular formula is C15H11Cl2NO2. The number of rotatable bonds is 3. The highest BCUT2D eigenvalue weighted by molar-refractivity contribution is 6.34. The fourth-order valence-corrected chi connectivity index (χ4v) is 1.87. The topological polar surface area (TPSA) is 49.3 Å². The second kappa shape index (κ2) is 6.46. The molecule has 0 aliphatic rings.